The minimum atomic E-state index is -1.45. The molecule has 1 unspecified atom stereocenters. The Morgan fingerprint density at radius 2 is 2.00 bits per heavy atom. The lowest BCUT2D eigenvalue weighted by Gasteiger charge is -2.13. The quantitative estimate of drug-likeness (QED) is 0.872. The van der Waals surface area contributed by atoms with Gasteiger partial charge in [0.15, 0.2) is 11.3 Å². The molecule has 2 aromatic rings. The van der Waals surface area contributed by atoms with Crippen LogP contribution in [0.2, 0.25) is 0 Å². The average Bonchev–Trinajstić information content (AvgIpc) is 2.44. The van der Waals surface area contributed by atoms with Gasteiger partial charge in [0.2, 0.25) is 5.43 Å². The van der Waals surface area contributed by atoms with Crippen LogP contribution in [0.5, 0.6) is 5.75 Å². The van der Waals surface area contributed by atoms with Crippen LogP contribution < -0.4 is 11.0 Å². The van der Waals surface area contributed by atoms with E-state index < -0.39 is 28.3 Å². The van der Waals surface area contributed by atoms with Crippen LogP contribution in [0.15, 0.2) is 28.2 Å². The fourth-order valence-electron chi connectivity index (χ4n) is 2.07. The molecule has 0 aliphatic rings. The second kappa shape index (κ2) is 5.43. The number of fused-ring (bicyclic) bond motifs is 1. The van der Waals surface area contributed by atoms with E-state index in [0.29, 0.717) is 6.54 Å². The Morgan fingerprint density at radius 1 is 1.33 bits per heavy atom. The molecule has 0 saturated carbocycles. The van der Waals surface area contributed by atoms with Crippen molar-refractivity contribution in [1.82, 2.24) is 8.97 Å². The number of aromatic carboxylic acids is 1. The number of carbonyl (C=O) groups is 1. The van der Waals surface area contributed by atoms with Gasteiger partial charge in [0.1, 0.15) is 5.56 Å². The van der Waals surface area contributed by atoms with Gasteiger partial charge in [-0.15, -0.1) is 0 Å². The first-order chi connectivity index (χ1) is 9.86. The summed E-state index contributed by atoms with van der Waals surface area (Å²) in [5.74, 6) is -2.02. The van der Waals surface area contributed by atoms with E-state index in [4.69, 9.17) is 5.11 Å². The summed E-state index contributed by atoms with van der Waals surface area (Å²) >= 11 is 0. The second-order valence-corrected chi connectivity index (χ2v) is 5.05. The van der Waals surface area contributed by atoms with Crippen LogP contribution in [0, 0.1) is 5.92 Å². The minimum absolute atomic E-state index is 0.212. The normalized spacial score (nSPS) is 12.5. The molecule has 7 nitrogen and oxygen atoms in total. The molecule has 112 valence electrons. The molecular formula is C14H16N2O5. The highest BCUT2D eigenvalue weighted by Crippen LogP contribution is 2.12. The number of hydrogen-bond acceptors (Lipinski definition) is 4. The predicted molar refractivity (Wildman–Crippen MR) is 76.0 cm³/mol. The third kappa shape index (κ3) is 2.54. The maximum atomic E-state index is 12.3. The Morgan fingerprint density at radius 3 is 2.57 bits per heavy atom. The van der Waals surface area contributed by atoms with E-state index >= 15 is 0 Å². The van der Waals surface area contributed by atoms with Crippen molar-refractivity contribution in [1.29, 1.82) is 0 Å². The van der Waals surface area contributed by atoms with Gasteiger partial charge in [0, 0.05) is 25.1 Å². The number of carboxylic acids is 1. The molecule has 0 spiro atoms. The number of aromatic nitrogens is 2. The van der Waals surface area contributed by atoms with Gasteiger partial charge in [-0.3, -0.25) is 9.59 Å². The maximum absolute atomic E-state index is 12.3. The van der Waals surface area contributed by atoms with Gasteiger partial charge in [-0.25, -0.2) is 4.79 Å². The molecule has 2 rings (SSSR count). The van der Waals surface area contributed by atoms with Crippen LogP contribution in [0.3, 0.4) is 0 Å². The summed E-state index contributed by atoms with van der Waals surface area (Å²) in [7, 11) is 0. The van der Waals surface area contributed by atoms with Crippen molar-refractivity contribution >= 4 is 11.5 Å². The summed E-state index contributed by atoms with van der Waals surface area (Å²) in [6, 6.07) is 0. The first-order valence-corrected chi connectivity index (χ1v) is 6.57. The van der Waals surface area contributed by atoms with E-state index in [1.807, 2.05) is 13.8 Å². The lowest BCUT2D eigenvalue weighted by molar-refractivity contribution is 0.0694. The zero-order valence-electron chi connectivity index (χ0n) is 11.7. The minimum Gasteiger partial charge on any atom is -0.503 e. The van der Waals surface area contributed by atoms with E-state index in [-0.39, 0.29) is 11.4 Å². The fraction of sp³-hybridized carbons (Fsp3) is 0.357. The van der Waals surface area contributed by atoms with E-state index in [1.54, 1.807) is 0 Å². The van der Waals surface area contributed by atoms with Gasteiger partial charge in [-0.1, -0.05) is 20.3 Å². The van der Waals surface area contributed by atoms with Gasteiger partial charge in [-0.05, 0) is 5.92 Å². The highest BCUT2D eigenvalue weighted by atomic mass is 16.4. The molecule has 0 bridgehead atoms. The highest BCUT2D eigenvalue weighted by molar-refractivity contribution is 5.88. The standard InChI is InChI=1S/C14H16N2O5/c1-3-8(2)6-16-5-4-15-7-9(14(20)21)11(17)12(18)10(15)13(16)19/h4-5,7-8,18H,3,6H2,1-2H3,(H,20,21). The van der Waals surface area contributed by atoms with Crippen molar-refractivity contribution in [2.24, 2.45) is 5.92 Å². The van der Waals surface area contributed by atoms with Crippen LogP contribution in [0.25, 0.3) is 5.52 Å². The number of carboxylic acid groups (broad SMARTS) is 1. The Labute approximate surface area is 119 Å². The van der Waals surface area contributed by atoms with Gasteiger partial charge < -0.3 is 19.2 Å². The Bertz CT molecular complexity index is 818. The van der Waals surface area contributed by atoms with Crippen LogP contribution in [-0.2, 0) is 6.54 Å². The SMILES string of the molecule is CCC(C)Cn1ccn2cc(C(=O)O)c(=O)c(O)c2c1=O. The molecule has 1 atom stereocenters. The molecule has 21 heavy (non-hydrogen) atoms. The van der Waals surface area contributed by atoms with Crippen molar-refractivity contribution in [2.45, 2.75) is 26.8 Å². The Hall–Kier alpha value is -2.57. The monoisotopic (exact) mass is 292 g/mol. The first kappa shape index (κ1) is 14.8. The van der Waals surface area contributed by atoms with Crippen molar-refractivity contribution in [3.8, 4) is 5.75 Å². The van der Waals surface area contributed by atoms with Crippen molar-refractivity contribution in [2.75, 3.05) is 0 Å². The van der Waals surface area contributed by atoms with Gasteiger partial charge in [0.25, 0.3) is 5.56 Å². The van der Waals surface area contributed by atoms with Crippen LogP contribution >= 0.6 is 0 Å². The summed E-state index contributed by atoms with van der Waals surface area (Å²) in [6.07, 6.45) is 4.88. The lowest BCUT2D eigenvalue weighted by Crippen LogP contribution is -2.27. The summed E-state index contributed by atoms with van der Waals surface area (Å²) < 4.78 is 2.57. The third-order valence-electron chi connectivity index (χ3n) is 3.52. The van der Waals surface area contributed by atoms with E-state index in [0.717, 1.165) is 17.0 Å². The predicted octanol–water partition coefficient (Wildman–Crippen LogP) is 0.911. The largest absolute Gasteiger partial charge is 0.503 e. The number of nitrogens with zero attached hydrogens (tertiary/aromatic N) is 2. The summed E-state index contributed by atoms with van der Waals surface area (Å²) in [4.78, 5) is 35.0. The molecule has 0 fully saturated rings. The lowest BCUT2D eigenvalue weighted by atomic mass is 10.1. The van der Waals surface area contributed by atoms with E-state index in [9.17, 15) is 19.5 Å². The van der Waals surface area contributed by atoms with Crippen LogP contribution in [0.4, 0.5) is 0 Å². The summed E-state index contributed by atoms with van der Waals surface area (Å²) in [5, 5.41) is 18.8. The molecule has 0 aliphatic carbocycles. The molecule has 0 saturated heterocycles. The van der Waals surface area contributed by atoms with Crippen molar-refractivity contribution in [3.63, 3.8) is 0 Å². The van der Waals surface area contributed by atoms with Crippen LogP contribution in [-0.4, -0.2) is 25.2 Å². The number of rotatable bonds is 4. The zero-order chi connectivity index (χ0) is 15.7. The smallest absolute Gasteiger partial charge is 0.341 e. The molecule has 0 radical (unpaired) electrons. The topological polar surface area (TPSA) is 101 Å². The molecule has 2 heterocycles. The van der Waals surface area contributed by atoms with Gasteiger partial charge in [0.05, 0.1) is 0 Å². The Balaban J connectivity index is 2.74. The fourth-order valence-corrected chi connectivity index (χ4v) is 2.07. The second-order valence-electron chi connectivity index (χ2n) is 5.05. The van der Waals surface area contributed by atoms with Gasteiger partial charge >= 0.3 is 5.97 Å². The molecule has 7 heteroatoms. The summed E-state index contributed by atoms with van der Waals surface area (Å²) in [6.45, 7) is 4.44. The van der Waals surface area contributed by atoms with Crippen LogP contribution in [0.1, 0.15) is 30.6 Å². The highest BCUT2D eigenvalue weighted by Gasteiger charge is 2.18. The van der Waals surface area contributed by atoms with E-state index in [1.165, 1.54) is 17.0 Å². The zero-order valence-corrected chi connectivity index (χ0v) is 11.7. The molecular weight excluding hydrogens is 276 g/mol. The maximum Gasteiger partial charge on any atom is 0.341 e. The van der Waals surface area contributed by atoms with E-state index in [2.05, 4.69) is 0 Å². The number of aromatic hydroxyl groups is 1. The molecule has 0 aromatic carbocycles. The van der Waals surface area contributed by atoms with Crippen molar-refractivity contribution in [3.05, 3.63) is 44.7 Å². The molecule has 0 aliphatic heterocycles. The first-order valence-electron chi connectivity index (χ1n) is 6.57. The van der Waals surface area contributed by atoms with Gasteiger partial charge in [-0.2, -0.15) is 0 Å². The third-order valence-corrected chi connectivity index (χ3v) is 3.52. The number of pyridine rings is 1. The van der Waals surface area contributed by atoms with Crippen molar-refractivity contribution < 1.29 is 15.0 Å². The summed E-state index contributed by atoms with van der Waals surface area (Å²) in [5.41, 5.74) is -2.37. The number of hydrogen-bond donors (Lipinski definition) is 2. The average molecular weight is 292 g/mol. The molecule has 2 N–H and O–H groups in total. The molecule has 0 amide bonds. The Kier molecular flexibility index (Phi) is 3.84. The molecule has 2 aromatic heterocycles.